The molecular weight excluding hydrogens is 616 g/mol. The summed E-state index contributed by atoms with van der Waals surface area (Å²) in [6.45, 7) is 15.7. The number of esters is 1. The third-order valence-electron chi connectivity index (χ3n) is 17.0. The molecule has 5 saturated carbocycles. The highest BCUT2D eigenvalue weighted by Gasteiger charge is 2.70. The van der Waals surface area contributed by atoms with Gasteiger partial charge in [-0.1, -0.05) is 34.1 Å². The average Bonchev–Trinajstić information content (AvgIpc) is 3.84. The van der Waals surface area contributed by atoms with Crippen LogP contribution in [0.15, 0.2) is 0 Å². The number of carboxylic acid groups (broad SMARTS) is 1. The van der Waals surface area contributed by atoms with Crippen molar-refractivity contribution in [3.63, 3.8) is 0 Å². The van der Waals surface area contributed by atoms with Crippen molar-refractivity contribution in [2.24, 2.45) is 56.7 Å². The molecule has 0 radical (unpaired) electrons. The van der Waals surface area contributed by atoms with Gasteiger partial charge < -0.3 is 19.6 Å². The summed E-state index contributed by atoms with van der Waals surface area (Å²) in [6, 6.07) is -0.252. The van der Waals surface area contributed by atoms with Crippen LogP contribution in [0.4, 0.5) is 0 Å². The number of amides is 2. The van der Waals surface area contributed by atoms with Gasteiger partial charge in [0.25, 0.3) is 0 Å². The second-order valence-electron chi connectivity index (χ2n) is 19.4. The predicted octanol–water partition coefficient (Wildman–Crippen LogP) is 7.48. The number of likely N-dealkylation sites (tertiary alicyclic amines) is 2. The van der Waals surface area contributed by atoms with Gasteiger partial charge in [-0.15, -0.1) is 0 Å². The summed E-state index contributed by atoms with van der Waals surface area (Å²) in [7, 11) is 0. The Balaban J connectivity index is 1.08. The molecule has 8 nitrogen and oxygen atoms in total. The zero-order chi connectivity index (χ0) is 35.1. The summed E-state index contributed by atoms with van der Waals surface area (Å²) < 4.78 is 6.06. The summed E-state index contributed by atoms with van der Waals surface area (Å²) in [5.41, 5.74) is -0.896. The molecule has 11 unspecified atom stereocenters. The lowest BCUT2D eigenvalue weighted by atomic mass is 9.33. The van der Waals surface area contributed by atoms with Gasteiger partial charge >= 0.3 is 11.9 Å². The maximum Gasteiger partial charge on any atom is 0.309 e. The lowest BCUT2D eigenvalue weighted by Gasteiger charge is -2.71. The number of ether oxygens (including phenoxy) is 1. The van der Waals surface area contributed by atoms with Crippen molar-refractivity contribution in [3.8, 4) is 0 Å². The van der Waals surface area contributed by atoms with E-state index in [4.69, 9.17) is 4.74 Å². The molecule has 11 atom stereocenters. The molecule has 7 fully saturated rings. The van der Waals surface area contributed by atoms with Gasteiger partial charge in [-0.3, -0.25) is 19.2 Å². The SMILES string of the molecule is CC1C(OC(=O)CC(C)(C)C(=O)O)CCC2(C)C1CCC1(C)C2CCC2C3CCCC3(C(=O)N3CCCC3C(=O)N3CCCC3)CCC21C. The molecule has 0 aromatic carbocycles. The minimum absolute atomic E-state index is 0.105. The summed E-state index contributed by atoms with van der Waals surface area (Å²) in [5.74, 6) is 1.42. The van der Waals surface area contributed by atoms with Crippen molar-refractivity contribution in [3.05, 3.63) is 0 Å². The van der Waals surface area contributed by atoms with E-state index in [-0.39, 0.29) is 58.0 Å². The highest BCUT2D eigenvalue weighted by molar-refractivity contribution is 5.91. The summed E-state index contributed by atoms with van der Waals surface area (Å²) in [6.07, 6.45) is 15.6. The van der Waals surface area contributed by atoms with Crippen molar-refractivity contribution in [2.75, 3.05) is 19.6 Å². The molecule has 1 N–H and O–H groups in total. The fraction of sp³-hybridized carbons (Fsp3) is 0.902. The standard InChI is InChI=1S/C41H64N2O6/c1-26-27-15-19-40(6)32(38(27,4)18-16-31(26)49-33(44)25-37(2,3)36(47)48)14-13-28-29-11-9-17-41(29,21-20-39(28,40)5)35(46)43-24-10-12-30(43)34(45)42-22-7-8-23-42/h26-32H,7-25H2,1-6H3,(H,47,48). The maximum atomic E-state index is 14.9. The molecule has 5 aliphatic carbocycles. The number of nitrogens with zero attached hydrogens (tertiary/aromatic N) is 2. The van der Waals surface area contributed by atoms with E-state index in [1.165, 1.54) is 19.3 Å². The number of hydrogen-bond acceptors (Lipinski definition) is 5. The van der Waals surface area contributed by atoms with Gasteiger partial charge in [0.05, 0.1) is 17.3 Å². The van der Waals surface area contributed by atoms with Gasteiger partial charge in [0.1, 0.15) is 12.1 Å². The summed E-state index contributed by atoms with van der Waals surface area (Å²) >= 11 is 0. The van der Waals surface area contributed by atoms with Gasteiger partial charge in [-0.25, -0.2) is 0 Å². The van der Waals surface area contributed by atoms with E-state index >= 15 is 0 Å². The first-order valence-electron chi connectivity index (χ1n) is 20.1. The highest BCUT2D eigenvalue weighted by atomic mass is 16.5. The molecule has 2 aliphatic heterocycles. The van der Waals surface area contributed by atoms with E-state index < -0.39 is 11.4 Å². The second kappa shape index (κ2) is 12.2. The van der Waals surface area contributed by atoms with Crippen LogP contribution in [-0.2, 0) is 23.9 Å². The molecule has 2 heterocycles. The first-order valence-corrected chi connectivity index (χ1v) is 20.1. The largest absolute Gasteiger partial charge is 0.481 e. The lowest BCUT2D eigenvalue weighted by Crippen LogP contribution is -2.66. The molecule has 0 aromatic rings. The van der Waals surface area contributed by atoms with Crippen LogP contribution in [0.25, 0.3) is 0 Å². The van der Waals surface area contributed by atoms with E-state index in [1.54, 1.807) is 13.8 Å². The Bertz CT molecular complexity index is 1360. The Labute approximate surface area is 294 Å². The van der Waals surface area contributed by atoms with Crippen LogP contribution in [0.2, 0.25) is 0 Å². The summed E-state index contributed by atoms with van der Waals surface area (Å²) in [4.78, 5) is 57.1. The Morgan fingerprint density at radius 3 is 2.20 bits per heavy atom. The third kappa shape index (κ3) is 5.24. The van der Waals surface area contributed by atoms with Crippen LogP contribution in [0, 0.1) is 56.7 Å². The number of fused-ring (bicyclic) bond motifs is 7. The molecule has 7 aliphatic rings. The Morgan fingerprint density at radius 1 is 0.755 bits per heavy atom. The Morgan fingerprint density at radius 2 is 1.49 bits per heavy atom. The second-order valence-corrected chi connectivity index (χ2v) is 19.4. The first-order chi connectivity index (χ1) is 23.1. The fourth-order valence-corrected chi connectivity index (χ4v) is 14.0. The summed E-state index contributed by atoms with van der Waals surface area (Å²) in [5, 5.41) is 9.54. The smallest absolute Gasteiger partial charge is 0.309 e. The van der Waals surface area contributed by atoms with Crippen molar-refractivity contribution in [1.82, 2.24) is 9.80 Å². The minimum Gasteiger partial charge on any atom is -0.481 e. The number of aliphatic carboxylic acids is 1. The molecular formula is C41H64N2O6. The van der Waals surface area contributed by atoms with Crippen molar-refractivity contribution in [2.45, 2.75) is 156 Å². The number of hydrogen-bond donors (Lipinski definition) is 1. The first kappa shape index (κ1) is 35.3. The normalized spacial score (nSPS) is 44.8. The average molecular weight is 681 g/mol. The molecule has 49 heavy (non-hydrogen) atoms. The van der Waals surface area contributed by atoms with Crippen LogP contribution < -0.4 is 0 Å². The molecule has 2 saturated heterocycles. The fourth-order valence-electron chi connectivity index (χ4n) is 14.0. The number of carbonyl (C=O) groups excluding carboxylic acids is 3. The lowest BCUT2D eigenvalue weighted by molar-refractivity contribution is -0.235. The van der Waals surface area contributed by atoms with Crippen molar-refractivity contribution in [1.29, 1.82) is 0 Å². The van der Waals surface area contributed by atoms with E-state index in [0.717, 1.165) is 96.7 Å². The van der Waals surface area contributed by atoms with Crippen LogP contribution >= 0.6 is 0 Å². The molecule has 0 spiro atoms. The third-order valence-corrected chi connectivity index (χ3v) is 17.0. The maximum absolute atomic E-state index is 14.9. The highest BCUT2D eigenvalue weighted by Crippen LogP contribution is 2.76. The van der Waals surface area contributed by atoms with E-state index in [1.807, 2.05) is 4.90 Å². The zero-order valence-electron chi connectivity index (χ0n) is 31.4. The molecule has 8 heteroatoms. The molecule has 274 valence electrons. The van der Waals surface area contributed by atoms with E-state index in [9.17, 15) is 24.3 Å². The number of rotatable bonds is 6. The quantitative estimate of drug-likeness (QED) is 0.292. The minimum atomic E-state index is -1.13. The molecule has 0 aromatic heterocycles. The van der Waals surface area contributed by atoms with Gasteiger partial charge in [0.15, 0.2) is 0 Å². The van der Waals surface area contributed by atoms with Gasteiger partial charge in [0.2, 0.25) is 11.8 Å². The van der Waals surface area contributed by atoms with Crippen molar-refractivity contribution >= 4 is 23.8 Å². The Hall–Kier alpha value is -2.12. The van der Waals surface area contributed by atoms with Gasteiger partial charge in [-0.2, -0.15) is 0 Å². The topological polar surface area (TPSA) is 104 Å². The van der Waals surface area contributed by atoms with E-state index in [2.05, 4.69) is 32.6 Å². The van der Waals surface area contributed by atoms with Crippen LogP contribution in [0.5, 0.6) is 0 Å². The number of carbonyl (C=O) groups is 4. The zero-order valence-corrected chi connectivity index (χ0v) is 31.4. The van der Waals surface area contributed by atoms with Crippen molar-refractivity contribution < 1.29 is 29.0 Å². The van der Waals surface area contributed by atoms with E-state index in [0.29, 0.717) is 29.6 Å². The monoisotopic (exact) mass is 680 g/mol. The molecule has 2 amide bonds. The molecule has 7 rings (SSSR count). The Kier molecular flexibility index (Phi) is 8.82. The van der Waals surface area contributed by atoms with Crippen LogP contribution in [0.1, 0.15) is 144 Å². The molecule has 0 bridgehead atoms. The van der Waals surface area contributed by atoms with Gasteiger partial charge in [-0.05, 0) is 150 Å². The van der Waals surface area contributed by atoms with Crippen LogP contribution in [0.3, 0.4) is 0 Å². The van der Waals surface area contributed by atoms with Crippen LogP contribution in [-0.4, -0.2) is 70.4 Å². The predicted molar refractivity (Wildman–Crippen MR) is 187 cm³/mol. The van der Waals surface area contributed by atoms with Gasteiger partial charge in [0, 0.05) is 19.6 Å². The number of carboxylic acids is 1.